The zero-order chi connectivity index (χ0) is 6.20. The molecule has 48 valence electrons. The monoisotopic (exact) mass is 138 g/mol. The first-order valence-corrected chi connectivity index (χ1v) is 3.18. The van der Waals surface area contributed by atoms with E-state index in [1.54, 1.807) is 0 Å². The lowest BCUT2D eigenvalue weighted by molar-refractivity contribution is 0.00983. The molecule has 1 atom stereocenters. The van der Waals surface area contributed by atoms with E-state index in [2.05, 4.69) is 12.6 Å². The normalized spacial score (nSPS) is 35.6. The first-order valence-electron chi connectivity index (χ1n) is 2.66. The molecule has 1 unspecified atom stereocenters. The highest BCUT2D eigenvalue weighted by Crippen LogP contribution is 2.36. The molecule has 0 saturated heterocycles. The number of rotatable bonds is 0. The van der Waals surface area contributed by atoms with Gasteiger partial charge in [0.15, 0.2) is 0 Å². The number of hydrogen-bond acceptors (Lipinski definition) is 1. The lowest BCUT2D eigenvalue weighted by Crippen LogP contribution is -2.09. The molecule has 0 radical (unpaired) electrons. The zero-order valence-electron chi connectivity index (χ0n) is 4.40. The Hall–Kier alpha value is 0.210. The molecule has 1 aliphatic rings. The molecule has 0 nitrogen and oxygen atoms in total. The molecule has 0 amide bonds. The SMILES string of the molecule is FC1(F)CCC(S)C1. The quantitative estimate of drug-likeness (QED) is 0.487. The van der Waals surface area contributed by atoms with Crippen molar-refractivity contribution >= 4 is 12.6 Å². The standard InChI is InChI=1S/C5H8F2S/c6-5(7)2-1-4(8)3-5/h4,8H,1-3H2. The third kappa shape index (κ3) is 1.34. The Morgan fingerprint density at radius 1 is 1.50 bits per heavy atom. The Bertz CT molecular complexity index is 92.4. The van der Waals surface area contributed by atoms with Gasteiger partial charge in [-0.2, -0.15) is 12.6 Å². The van der Waals surface area contributed by atoms with Crippen LogP contribution < -0.4 is 0 Å². The molecule has 0 spiro atoms. The van der Waals surface area contributed by atoms with E-state index in [-0.39, 0.29) is 18.1 Å². The highest BCUT2D eigenvalue weighted by Gasteiger charge is 2.37. The molecule has 0 heterocycles. The molecule has 3 heteroatoms. The highest BCUT2D eigenvalue weighted by atomic mass is 32.1. The van der Waals surface area contributed by atoms with E-state index in [0.29, 0.717) is 6.42 Å². The molecule has 0 aromatic carbocycles. The summed E-state index contributed by atoms with van der Waals surface area (Å²) < 4.78 is 24.3. The van der Waals surface area contributed by atoms with Crippen LogP contribution in [0.3, 0.4) is 0 Å². The van der Waals surface area contributed by atoms with Crippen LogP contribution in [0.15, 0.2) is 0 Å². The molecule has 0 aliphatic heterocycles. The van der Waals surface area contributed by atoms with E-state index in [9.17, 15) is 8.78 Å². The van der Waals surface area contributed by atoms with Gasteiger partial charge in [0.2, 0.25) is 5.92 Å². The zero-order valence-corrected chi connectivity index (χ0v) is 5.30. The number of thiol groups is 1. The van der Waals surface area contributed by atoms with Crippen LogP contribution in [0.4, 0.5) is 8.78 Å². The second kappa shape index (κ2) is 1.87. The van der Waals surface area contributed by atoms with Crippen LogP contribution in [0, 0.1) is 0 Å². The summed E-state index contributed by atoms with van der Waals surface area (Å²) in [5.74, 6) is -2.41. The molecule has 1 saturated carbocycles. The Morgan fingerprint density at radius 2 is 2.12 bits per heavy atom. The summed E-state index contributed by atoms with van der Waals surface area (Å²) in [5, 5.41) is -0.0648. The van der Waals surface area contributed by atoms with Crippen molar-refractivity contribution in [3.05, 3.63) is 0 Å². The predicted molar refractivity (Wildman–Crippen MR) is 31.6 cm³/mol. The summed E-state index contributed by atoms with van der Waals surface area (Å²) in [7, 11) is 0. The fourth-order valence-electron chi connectivity index (χ4n) is 0.927. The summed E-state index contributed by atoms with van der Waals surface area (Å²) in [4.78, 5) is 0. The van der Waals surface area contributed by atoms with Gasteiger partial charge in [0.05, 0.1) is 0 Å². The van der Waals surface area contributed by atoms with Crippen LogP contribution in [0.25, 0.3) is 0 Å². The Morgan fingerprint density at radius 3 is 2.25 bits per heavy atom. The van der Waals surface area contributed by atoms with E-state index >= 15 is 0 Å². The lowest BCUT2D eigenvalue weighted by Gasteiger charge is -2.04. The summed E-state index contributed by atoms with van der Waals surface area (Å²) >= 11 is 3.93. The minimum Gasteiger partial charge on any atom is -0.207 e. The van der Waals surface area contributed by atoms with Gasteiger partial charge >= 0.3 is 0 Å². The van der Waals surface area contributed by atoms with Crippen molar-refractivity contribution in [2.45, 2.75) is 30.4 Å². The van der Waals surface area contributed by atoms with Gasteiger partial charge in [-0.05, 0) is 6.42 Å². The van der Waals surface area contributed by atoms with Crippen molar-refractivity contribution < 1.29 is 8.78 Å². The van der Waals surface area contributed by atoms with Gasteiger partial charge in [0.1, 0.15) is 0 Å². The van der Waals surface area contributed by atoms with Gasteiger partial charge in [0.25, 0.3) is 0 Å². The summed E-state index contributed by atoms with van der Waals surface area (Å²) in [6.45, 7) is 0. The Labute approximate surface area is 52.7 Å². The molecule has 0 aromatic rings. The van der Waals surface area contributed by atoms with Crippen molar-refractivity contribution in [3.8, 4) is 0 Å². The summed E-state index contributed by atoms with van der Waals surface area (Å²) in [5.41, 5.74) is 0. The first kappa shape index (κ1) is 6.33. The van der Waals surface area contributed by atoms with Gasteiger partial charge in [0, 0.05) is 18.1 Å². The van der Waals surface area contributed by atoms with Crippen molar-refractivity contribution in [3.63, 3.8) is 0 Å². The topological polar surface area (TPSA) is 0 Å². The Balaban J connectivity index is 2.44. The average Bonchev–Trinajstić information content (AvgIpc) is 1.82. The third-order valence-electron chi connectivity index (χ3n) is 1.38. The fourth-order valence-corrected chi connectivity index (χ4v) is 1.32. The second-order valence-corrected chi connectivity index (χ2v) is 2.98. The molecule has 0 bridgehead atoms. The van der Waals surface area contributed by atoms with Gasteiger partial charge in [-0.15, -0.1) is 0 Å². The van der Waals surface area contributed by atoms with Crippen LogP contribution >= 0.6 is 12.6 Å². The molecule has 1 rings (SSSR count). The molecule has 1 fully saturated rings. The maximum atomic E-state index is 12.1. The molecule has 8 heavy (non-hydrogen) atoms. The first-order chi connectivity index (χ1) is 3.60. The van der Waals surface area contributed by atoms with Crippen molar-refractivity contribution in [2.24, 2.45) is 0 Å². The van der Waals surface area contributed by atoms with E-state index in [4.69, 9.17) is 0 Å². The lowest BCUT2D eigenvalue weighted by atomic mass is 10.3. The van der Waals surface area contributed by atoms with Crippen molar-refractivity contribution in [1.82, 2.24) is 0 Å². The highest BCUT2D eigenvalue weighted by molar-refractivity contribution is 7.80. The van der Waals surface area contributed by atoms with E-state index in [1.807, 2.05) is 0 Å². The second-order valence-electron chi connectivity index (χ2n) is 2.25. The fraction of sp³-hybridized carbons (Fsp3) is 1.00. The van der Waals surface area contributed by atoms with Crippen LogP contribution in [0.5, 0.6) is 0 Å². The van der Waals surface area contributed by atoms with Crippen LogP contribution in [0.1, 0.15) is 19.3 Å². The Kier molecular flexibility index (Phi) is 1.48. The van der Waals surface area contributed by atoms with Gasteiger partial charge < -0.3 is 0 Å². The molecule has 1 aliphatic carbocycles. The largest absolute Gasteiger partial charge is 0.249 e. The number of halogens is 2. The van der Waals surface area contributed by atoms with Crippen molar-refractivity contribution in [1.29, 1.82) is 0 Å². The smallest absolute Gasteiger partial charge is 0.207 e. The van der Waals surface area contributed by atoms with E-state index < -0.39 is 5.92 Å². The van der Waals surface area contributed by atoms with E-state index in [1.165, 1.54) is 0 Å². The summed E-state index contributed by atoms with van der Waals surface area (Å²) in [6.07, 6.45) is 0.563. The average molecular weight is 138 g/mol. The van der Waals surface area contributed by atoms with Crippen molar-refractivity contribution in [2.75, 3.05) is 0 Å². The predicted octanol–water partition coefficient (Wildman–Crippen LogP) is 2.10. The van der Waals surface area contributed by atoms with E-state index in [0.717, 1.165) is 0 Å². The minimum absolute atomic E-state index is 0.0289. The maximum absolute atomic E-state index is 12.1. The molecule has 0 N–H and O–H groups in total. The third-order valence-corrected chi connectivity index (χ3v) is 1.82. The number of hydrogen-bond donors (Lipinski definition) is 1. The van der Waals surface area contributed by atoms with Gasteiger partial charge in [-0.25, -0.2) is 8.78 Å². The van der Waals surface area contributed by atoms with Gasteiger partial charge in [-0.1, -0.05) is 0 Å². The minimum atomic E-state index is -2.41. The summed E-state index contributed by atoms with van der Waals surface area (Å²) in [6, 6.07) is 0. The molecular weight excluding hydrogens is 130 g/mol. The maximum Gasteiger partial charge on any atom is 0.249 e. The van der Waals surface area contributed by atoms with Crippen LogP contribution in [-0.2, 0) is 0 Å². The van der Waals surface area contributed by atoms with Crippen LogP contribution in [-0.4, -0.2) is 11.2 Å². The van der Waals surface area contributed by atoms with Gasteiger partial charge in [-0.3, -0.25) is 0 Å². The van der Waals surface area contributed by atoms with Crippen LogP contribution in [0.2, 0.25) is 0 Å². The number of alkyl halides is 2. The molecule has 0 aromatic heterocycles. The molecular formula is C5H8F2S.